The maximum Gasteiger partial charge on any atom is 0.240 e. The molecule has 0 fully saturated rings. The van der Waals surface area contributed by atoms with Gasteiger partial charge in [0.1, 0.15) is 0 Å². The fraction of sp³-hybridized carbons (Fsp3) is 0.267. The van der Waals surface area contributed by atoms with Crippen molar-refractivity contribution in [3.8, 4) is 11.5 Å². The Hall–Kier alpha value is -1.77. The molecule has 0 bridgehead atoms. The standard InChI is InChI=1S/C15H18N2O4S2/c1-20-13-7-6-12(11-14(13)21-2)23(18,19)17-9-10-22-15-5-3-4-8-16-15/h3-8,11,17H,9-10H2,1-2H3. The van der Waals surface area contributed by atoms with Crippen LogP contribution in [0, 0.1) is 0 Å². The SMILES string of the molecule is COc1ccc(S(=O)(=O)NCCSc2ccccn2)cc1OC. The van der Waals surface area contributed by atoms with Gasteiger partial charge in [-0.3, -0.25) is 0 Å². The molecule has 1 aromatic heterocycles. The van der Waals surface area contributed by atoms with Crippen LogP contribution in [0.3, 0.4) is 0 Å². The molecule has 0 aliphatic carbocycles. The van der Waals surface area contributed by atoms with Crippen LogP contribution in [0.1, 0.15) is 0 Å². The molecule has 0 spiro atoms. The summed E-state index contributed by atoms with van der Waals surface area (Å²) in [5, 5.41) is 0.859. The molecule has 0 aliphatic heterocycles. The molecule has 2 rings (SSSR count). The van der Waals surface area contributed by atoms with Gasteiger partial charge in [-0.1, -0.05) is 6.07 Å². The Bertz CT molecular complexity index is 736. The zero-order chi connectivity index (χ0) is 16.7. The van der Waals surface area contributed by atoms with Crippen molar-refractivity contribution < 1.29 is 17.9 Å². The van der Waals surface area contributed by atoms with Gasteiger partial charge in [0.25, 0.3) is 0 Å². The molecule has 1 N–H and O–H groups in total. The molecule has 0 unspecified atom stereocenters. The molecule has 124 valence electrons. The number of nitrogens with one attached hydrogen (secondary N) is 1. The number of rotatable bonds is 8. The lowest BCUT2D eigenvalue weighted by Gasteiger charge is -2.11. The maximum absolute atomic E-state index is 12.3. The minimum atomic E-state index is -3.59. The number of aromatic nitrogens is 1. The van der Waals surface area contributed by atoms with Gasteiger partial charge in [0.15, 0.2) is 11.5 Å². The Morgan fingerprint density at radius 2 is 1.91 bits per heavy atom. The summed E-state index contributed by atoms with van der Waals surface area (Å²) in [6.07, 6.45) is 1.70. The molecule has 0 radical (unpaired) electrons. The van der Waals surface area contributed by atoms with Gasteiger partial charge in [0.2, 0.25) is 10.0 Å². The summed E-state index contributed by atoms with van der Waals surface area (Å²) in [7, 11) is -0.629. The summed E-state index contributed by atoms with van der Waals surface area (Å²) in [4.78, 5) is 4.30. The lowest BCUT2D eigenvalue weighted by atomic mass is 10.3. The van der Waals surface area contributed by atoms with E-state index in [0.717, 1.165) is 5.03 Å². The smallest absolute Gasteiger partial charge is 0.240 e. The molecular formula is C15H18N2O4S2. The van der Waals surface area contributed by atoms with E-state index in [1.54, 1.807) is 12.3 Å². The topological polar surface area (TPSA) is 77.5 Å². The molecule has 23 heavy (non-hydrogen) atoms. The van der Waals surface area contributed by atoms with E-state index in [9.17, 15) is 8.42 Å². The van der Waals surface area contributed by atoms with Crippen LogP contribution < -0.4 is 14.2 Å². The Kier molecular flexibility index (Phi) is 6.26. The zero-order valence-corrected chi connectivity index (χ0v) is 14.5. The summed E-state index contributed by atoms with van der Waals surface area (Å²) in [5.74, 6) is 1.44. The number of hydrogen-bond donors (Lipinski definition) is 1. The first-order valence-electron chi connectivity index (χ1n) is 6.82. The number of pyridine rings is 1. The van der Waals surface area contributed by atoms with Gasteiger partial charge < -0.3 is 9.47 Å². The van der Waals surface area contributed by atoms with Crippen LogP contribution in [-0.4, -0.2) is 39.9 Å². The van der Waals surface area contributed by atoms with Gasteiger partial charge in [-0.2, -0.15) is 0 Å². The molecule has 1 heterocycles. The summed E-state index contributed by atoms with van der Waals surface area (Å²) in [6, 6.07) is 10.1. The fourth-order valence-electron chi connectivity index (χ4n) is 1.83. The number of thioether (sulfide) groups is 1. The van der Waals surface area contributed by atoms with Crippen LogP contribution in [0.25, 0.3) is 0 Å². The highest BCUT2D eigenvalue weighted by Gasteiger charge is 2.16. The van der Waals surface area contributed by atoms with Crippen molar-refractivity contribution in [2.75, 3.05) is 26.5 Å². The number of ether oxygens (including phenoxy) is 2. The van der Waals surface area contributed by atoms with Gasteiger partial charge in [-0.25, -0.2) is 18.1 Å². The normalized spacial score (nSPS) is 11.2. The van der Waals surface area contributed by atoms with E-state index in [1.807, 2.05) is 18.2 Å². The summed E-state index contributed by atoms with van der Waals surface area (Å²) in [5.41, 5.74) is 0. The van der Waals surface area contributed by atoms with Gasteiger partial charge in [0.05, 0.1) is 24.1 Å². The molecule has 1 aromatic carbocycles. The number of benzene rings is 1. The van der Waals surface area contributed by atoms with E-state index in [2.05, 4.69) is 9.71 Å². The molecule has 0 aliphatic rings. The summed E-state index contributed by atoms with van der Waals surface area (Å²) < 4.78 is 37.3. The highest BCUT2D eigenvalue weighted by atomic mass is 32.2. The average Bonchev–Trinajstić information content (AvgIpc) is 2.59. The van der Waals surface area contributed by atoms with Crippen LogP contribution >= 0.6 is 11.8 Å². The largest absolute Gasteiger partial charge is 0.493 e. The Balaban J connectivity index is 1.96. The lowest BCUT2D eigenvalue weighted by Crippen LogP contribution is -2.26. The van der Waals surface area contributed by atoms with Crippen LogP contribution in [0.4, 0.5) is 0 Å². The number of sulfonamides is 1. The molecule has 0 saturated carbocycles. The third-order valence-corrected chi connectivity index (χ3v) is 5.35. The Morgan fingerprint density at radius 1 is 1.13 bits per heavy atom. The maximum atomic E-state index is 12.3. The van der Waals surface area contributed by atoms with Crippen molar-refractivity contribution in [1.82, 2.24) is 9.71 Å². The average molecular weight is 354 g/mol. The van der Waals surface area contributed by atoms with Crippen LogP contribution in [-0.2, 0) is 10.0 Å². The minimum Gasteiger partial charge on any atom is -0.493 e. The van der Waals surface area contributed by atoms with E-state index in [-0.39, 0.29) is 4.90 Å². The highest BCUT2D eigenvalue weighted by molar-refractivity contribution is 7.99. The zero-order valence-electron chi connectivity index (χ0n) is 12.9. The first-order chi connectivity index (χ1) is 11.1. The highest BCUT2D eigenvalue weighted by Crippen LogP contribution is 2.29. The predicted molar refractivity (Wildman–Crippen MR) is 89.7 cm³/mol. The first-order valence-corrected chi connectivity index (χ1v) is 9.29. The number of nitrogens with zero attached hydrogens (tertiary/aromatic N) is 1. The fourth-order valence-corrected chi connectivity index (χ4v) is 3.73. The van der Waals surface area contributed by atoms with Crippen molar-refractivity contribution in [3.63, 3.8) is 0 Å². The molecule has 0 atom stereocenters. The molecule has 6 nitrogen and oxygen atoms in total. The van der Waals surface area contributed by atoms with Crippen molar-refractivity contribution in [2.45, 2.75) is 9.92 Å². The van der Waals surface area contributed by atoms with Gasteiger partial charge >= 0.3 is 0 Å². The van der Waals surface area contributed by atoms with E-state index in [0.29, 0.717) is 23.8 Å². The van der Waals surface area contributed by atoms with Crippen molar-refractivity contribution in [2.24, 2.45) is 0 Å². The first kappa shape index (κ1) is 17.6. The third kappa shape index (κ3) is 4.85. The molecule has 2 aromatic rings. The molecule has 8 heteroatoms. The Morgan fingerprint density at radius 3 is 2.57 bits per heavy atom. The second kappa shape index (κ2) is 8.19. The molecule has 0 saturated heterocycles. The van der Waals surface area contributed by atoms with Crippen molar-refractivity contribution in [3.05, 3.63) is 42.6 Å². The number of methoxy groups -OCH3 is 2. The second-order valence-corrected chi connectivity index (χ2v) is 7.31. The Labute approximate surface area is 140 Å². The van der Waals surface area contributed by atoms with Gasteiger partial charge in [-0.05, 0) is 24.3 Å². The van der Waals surface area contributed by atoms with Crippen LogP contribution in [0.15, 0.2) is 52.5 Å². The van der Waals surface area contributed by atoms with Gasteiger partial charge in [-0.15, -0.1) is 11.8 Å². The lowest BCUT2D eigenvalue weighted by molar-refractivity contribution is 0.354. The van der Waals surface area contributed by atoms with Crippen LogP contribution in [0.5, 0.6) is 11.5 Å². The van der Waals surface area contributed by atoms with Crippen LogP contribution in [0.2, 0.25) is 0 Å². The second-order valence-electron chi connectivity index (χ2n) is 4.43. The summed E-state index contributed by atoms with van der Waals surface area (Å²) >= 11 is 1.49. The van der Waals surface area contributed by atoms with Gasteiger partial charge in [0, 0.05) is 24.6 Å². The van der Waals surface area contributed by atoms with E-state index < -0.39 is 10.0 Å². The quantitative estimate of drug-likeness (QED) is 0.578. The van der Waals surface area contributed by atoms with Crippen molar-refractivity contribution >= 4 is 21.8 Å². The molecule has 0 amide bonds. The van der Waals surface area contributed by atoms with E-state index >= 15 is 0 Å². The van der Waals surface area contributed by atoms with E-state index in [4.69, 9.17) is 9.47 Å². The van der Waals surface area contributed by atoms with E-state index in [1.165, 1.54) is 38.1 Å². The summed E-state index contributed by atoms with van der Waals surface area (Å²) in [6.45, 7) is 0.303. The number of hydrogen-bond acceptors (Lipinski definition) is 6. The predicted octanol–water partition coefficient (Wildman–Crippen LogP) is 2.17. The monoisotopic (exact) mass is 354 g/mol. The minimum absolute atomic E-state index is 0.137. The third-order valence-electron chi connectivity index (χ3n) is 2.95. The van der Waals surface area contributed by atoms with Crippen molar-refractivity contribution in [1.29, 1.82) is 0 Å². The molecular weight excluding hydrogens is 336 g/mol.